The van der Waals surface area contributed by atoms with Crippen LogP contribution in [0.25, 0.3) is 0 Å². The van der Waals surface area contributed by atoms with Gasteiger partial charge in [-0.1, -0.05) is 0 Å². The third-order valence-corrected chi connectivity index (χ3v) is 4.26. The van der Waals surface area contributed by atoms with Gasteiger partial charge in [-0.3, -0.25) is 0 Å². The van der Waals surface area contributed by atoms with E-state index in [0.29, 0.717) is 13.2 Å². The summed E-state index contributed by atoms with van der Waals surface area (Å²) in [7, 11) is 8.17. The number of hydrogen-bond acceptors (Lipinski definition) is 4. The molecule has 0 aliphatic heterocycles. The molecule has 0 saturated carbocycles. The fourth-order valence-corrected chi connectivity index (χ4v) is 2.60. The molecule has 0 radical (unpaired) electrons. The Balaban J connectivity index is 2.61. The number of benzene rings is 1. The Hall–Kier alpha value is 0.200. The molecular weight excluding hydrogens is 482 g/mol. The molecule has 6 heteroatoms. The second-order valence-corrected chi connectivity index (χ2v) is 7.34. The van der Waals surface area contributed by atoms with Crippen molar-refractivity contribution in [3.63, 3.8) is 0 Å². The van der Waals surface area contributed by atoms with E-state index in [1.54, 1.807) is 0 Å². The average molecular weight is 504 g/mol. The van der Waals surface area contributed by atoms with Crippen LogP contribution in [0.4, 0.5) is 0 Å². The van der Waals surface area contributed by atoms with Gasteiger partial charge in [0.15, 0.2) is 0 Å². The molecule has 0 amide bonds. The molecule has 0 saturated heterocycles. The third kappa shape index (κ3) is 6.77. The number of halogens is 2. The number of likely N-dealkylation sites (N-methyl/N-ethyl adjacent to an activating group) is 2. The molecule has 0 unspecified atom stereocenters. The van der Waals surface area contributed by atoms with Crippen molar-refractivity contribution in [1.29, 1.82) is 0 Å². The lowest BCUT2D eigenvalue weighted by Gasteiger charge is -2.15. The molecule has 0 fully saturated rings. The van der Waals surface area contributed by atoms with Crippen molar-refractivity contribution >= 4 is 45.2 Å². The van der Waals surface area contributed by atoms with Gasteiger partial charge in [0.05, 0.1) is 7.14 Å². The highest BCUT2D eigenvalue weighted by atomic mass is 127. The van der Waals surface area contributed by atoms with Gasteiger partial charge >= 0.3 is 0 Å². The second kappa shape index (κ2) is 9.26. The van der Waals surface area contributed by atoms with Crippen LogP contribution in [-0.4, -0.2) is 64.3 Å². The molecule has 1 aromatic rings. The maximum absolute atomic E-state index is 5.81. The Bertz CT molecular complexity index is 386. The third-order valence-electron chi connectivity index (χ3n) is 2.58. The summed E-state index contributed by atoms with van der Waals surface area (Å²) in [6.07, 6.45) is 0. The molecule has 20 heavy (non-hydrogen) atoms. The zero-order valence-corrected chi connectivity index (χ0v) is 16.8. The summed E-state index contributed by atoms with van der Waals surface area (Å²) in [6, 6.07) is 4.09. The zero-order valence-electron chi connectivity index (χ0n) is 12.4. The normalized spacial score (nSPS) is 11.2. The zero-order chi connectivity index (χ0) is 15.1. The molecule has 1 rings (SSSR count). The summed E-state index contributed by atoms with van der Waals surface area (Å²) in [6.45, 7) is 3.21. The highest BCUT2D eigenvalue weighted by Gasteiger charge is 2.09. The smallest absolute Gasteiger partial charge is 0.134 e. The van der Waals surface area contributed by atoms with Crippen LogP contribution in [0.5, 0.6) is 11.5 Å². The molecular formula is C14H22I2N2O2. The monoisotopic (exact) mass is 504 g/mol. The number of rotatable bonds is 8. The topological polar surface area (TPSA) is 24.9 Å². The van der Waals surface area contributed by atoms with E-state index in [1.807, 2.05) is 40.3 Å². The van der Waals surface area contributed by atoms with Crippen molar-refractivity contribution in [3.8, 4) is 11.5 Å². The Morgan fingerprint density at radius 3 is 1.45 bits per heavy atom. The molecule has 0 heterocycles. The molecule has 1 aromatic carbocycles. The van der Waals surface area contributed by atoms with E-state index in [1.165, 1.54) is 0 Å². The van der Waals surface area contributed by atoms with Gasteiger partial charge in [0.2, 0.25) is 0 Å². The lowest BCUT2D eigenvalue weighted by Crippen LogP contribution is -2.20. The maximum atomic E-state index is 5.81. The van der Waals surface area contributed by atoms with Crippen molar-refractivity contribution < 1.29 is 9.47 Å². The first-order valence-electron chi connectivity index (χ1n) is 6.44. The van der Waals surface area contributed by atoms with E-state index in [2.05, 4.69) is 55.0 Å². The summed E-state index contributed by atoms with van der Waals surface area (Å²) in [5, 5.41) is 0. The van der Waals surface area contributed by atoms with Gasteiger partial charge in [0, 0.05) is 13.1 Å². The van der Waals surface area contributed by atoms with Crippen LogP contribution in [0.3, 0.4) is 0 Å². The Kier molecular flexibility index (Phi) is 8.45. The second-order valence-electron chi connectivity index (χ2n) is 5.02. The Morgan fingerprint density at radius 1 is 0.800 bits per heavy atom. The van der Waals surface area contributed by atoms with Crippen molar-refractivity contribution in [1.82, 2.24) is 9.80 Å². The number of hydrogen-bond donors (Lipinski definition) is 0. The van der Waals surface area contributed by atoms with E-state index < -0.39 is 0 Å². The van der Waals surface area contributed by atoms with Crippen molar-refractivity contribution in [3.05, 3.63) is 19.3 Å². The van der Waals surface area contributed by atoms with E-state index in [4.69, 9.17) is 9.47 Å². The van der Waals surface area contributed by atoms with Crippen molar-refractivity contribution in [2.24, 2.45) is 0 Å². The maximum Gasteiger partial charge on any atom is 0.134 e. The van der Waals surface area contributed by atoms with Crippen LogP contribution in [0, 0.1) is 7.14 Å². The molecule has 0 bridgehead atoms. The average Bonchev–Trinajstić information content (AvgIpc) is 2.33. The van der Waals surface area contributed by atoms with Gasteiger partial charge in [-0.15, -0.1) is 0 Å². The van der Waals surface area contributed by atoms with Crippen LogP contribution >= 0.6 is 45.2 Å². The molecule has 0 spiro atoms. The molecule has 0 aromatic heterocycles. The van der Waals surface area contributed by atoms with Crippen LogP contribution in [0.2, 0.25) is 0 Å². The highest BCUT2D eigenvalue weighted by Crippen LogP contribution is 2.31. The quantitative estimate of drug-likeness (QED) is 0.509. The van der Waals surface area contributed by atoms with Crippen LogP contribution in [0.1, 0.15) is 0 Å². The first-order chi connectivity index (χ1) is 9.40. The Morgan fingerprint density at radius 2 is 1.15 bits per heavy atom. The van der Waals surface area contributed by atoms with Gasteiger partial charge in [-0.25, -0.2) is 0 Å². The lowest BCUT2D eigenvalue weighted by atomic mass is 10.3. The molecule has 114 valence electrons. The van der Waals surface area contributed by atoms with Gasteiger partial charge in [0.25, 0.3) is 0 Å². The molecule has 0 aliphatic carbocycles. The summed E-state index contributed by atoms with van der Waals surface area (Å²) in [5.41, 5.74) is 0. The number of nitrogens with zero attached hydrogens (tertiary/aromatic N) is 2. The summed E-state index contributed by atoms with van der Waals surface area (Å²) in [4.78, 5) is 4.22. The minimum Gasteiger partial charge on any atom is -0.491 e. The lowest BCUT2D eigenvalue weighted by molar-refractivity contribution is 0.253. The van der Waals surface area contributed by atoms with Crippen molar-refractivity contribution in [2.45, 2.75) is 0 Å². The van der Waals surface area contributed by atoms with Crippen molar-refractivity contribution in [2.75, 3.05) is 54.5 Å². The van der Waals surface area contributed by atoms with Crippen LogP contribution < -0.4 is 9.47 Å². The molecule has 0 atom stereocenters. The standard InChI is InChI=1S/C14H22I2N2O2/c1-17(2)5-7-19-13-9-12(16)14(10-11(13)15)20-8-6-18(3)4/h9-10H,5-8H2,1-4H3. The highest BCUT2D eigenvalue weighted by molar-refractivity contribution is 14.1. The van der Waals surface area contributed by atoms with Gasteiger partial charge in [0.1, 0.15) is 24.7 Å². The minimum atomic E-state index is 0.694. The predicted molar refractivity (Wildman–Crippen MR) is 100.0 cm³/mol. The Labute approximate surface area is 149 Å². The fourth-order valence-electron chi connectivity index (χ4n) is 1.41. The molecule has 0 aliphatic rings. The van der Waals surface area contributed by atoms with Gasteiger partial charge < -0.3 is 19.3 Å². The van der Waals surface area contributed by atoms with Gasteiger partial charge in [-0.2, -0.15) is 0 Å². The first kappa shape index (κ1) is 18.2. The minimum absolute atomic E-state index is 0.694. The predicted octanol–water partition coefficient (Wildman–Crippen LogP) is 2.78. The SMILES string of the molecule is CN(C)CCOc1cc(I)c(OCCN(C)C)cc1I. The fraction of sp³-hybridized carbons (Fsp3) is 0.571. The summed E-state index contributed by atoms with van der Waals surface area (Å²) < 4.78 is 13.8. The van der Waals surface area contributed by atoms with E-state index in [-0.39, 0.29) is 0 Å². The molecule has 0 N–H and O–H groups in total. The molecule has 4 nitrogen and oxygen atoms in total. The van der Waals surface area contributed by atoms with Crippen LogP contribution in [-0.2, 0) is 0 Å². The number of ether oxygens (including phenoxy) is 2. The largest absolute Gasteiger partial charge is 0.491 e. The van der Waals surface area contributed by atoms with E-state index in [0.717, 1.165) is 31.7 Å². The van der Waals surface area contributed by atoms with E-state index in [9.17, 15) is 0 Å². The summed E-state index contributed by atoms with van der Waals surface area (Å²) in [5.74, 6) is 1.86. The first-order valence-corrected chi connectivity index (χ1v) is 8.60. The van der Waals surface area contributed by atoms with E-state index >= 15 is 0 Å². The van der Waals surface area contributed by atoms with Gasteiger partial charge in [-0.05, 0) is 85.5 Å². The summed E-state index contributed by atoms with van der Waals surface area (Å²) >= 11 is 4.58. The van der Waals surface area contributed by atoms with Crippen LogP contribution in [0.15, 0.2) is 12.1 Å².